The van der Waals surface area contributed by atoms with E-state index in [1.165, 1.54) is 64.2 Å². The molecule has 0 spiro atoms. The molecule has 0 aromatic carbocycles. The molecule has 0 heterocycles. The van der Waals surface area contributed by atoms with Gasteiger partial charge in [-0.2, -0.15) is 0 Å². The van der Waals surface area contributed by atoms with Gasteiger partial charge in [0.2, 0.25) is 0 Å². The van der Waals surface area contributed by atoms with Gasteiger partial charge >= 0.3 is 0 Å². The van der Waals surface area contributed by atoms with Gasteiger partial charge in [-0.1, -0.05) is 78.4 Å². The Labute approximate surface area is 217 Å². The number of aliphatic hydroxyl groups is 2. The molecular formula is C33H58O2. The third-order valence-corrected chi connectivity index (χ3v) is 12.0. The van der Waals surface area contributed by atoms with E-state index in [2.05, 4.69) is 40.7 Å². The Morgan fingerprint density at radius 3 is 2.43 bits per heavy atom. The predicted molar refractivity (Wildman–Crippen MR) is 148 cm³/mol. The number of unbranched alkanes of at least 4 members (excludes halogenated alkanes) is 2. The smallest absolute Gasteiger partial charge is 0.0571 e. The van der Waals surface area contributed by atoms with Gasteiger partial charge in [0.15, 0.2) is 0 Å². The van der Waals surface area contributed by atoms with E-state index in [4.69, 9.17) is 5.11 Å². The standard InChI is InChI=1S/C33H58O2/c1-23(2)10-9-11-24(3)28-15-16-29-27-14-13-26-22-25(31(35)12-7-6-8-21-34)17-19-32(26,4)30(27)18-20-33(28,29)5/h13,23-25,27-31,34-35H,6-12,14-22H2,1-5H3/t24-,25+,27+,28-,29+,30+,31?,32+,33-/m1/s1. The summed E-state index contributed by atoms with van der Waals surface area (Å²) in [7, 11) is 0. The summed E-state index contributed by atoms with van der Waals surface area (Å²) >= 11 is 0. The highest BCUT2D eigenvalue weighted by molar-refractivity contribution is 5.25. The van der Waals surface area contributed by atoms with Gasteiger partial charge in [0.05, 0.1) is 6.10 Å². The Morgan fingerprint density at radius 2 is 1.69 bits per heavy atom. The van der Waals surface area contributed by atoms with Crippen molar-refractivity contribution in [1.29, 1.82) is 0 Å². The fourth-order valence-electron chi connectivity index (χ4n) is 9.92. The lowest BCUT2D eigenvalue weighted by Gasteiger charge is -2.59. The average molecular weight is 487 g/mol. The molecular weight excluding hydrogens is 428 g/mol. The second-order valence-corrected chi connectivity index (χ2v) is 14.4. The van der Waals surface area contributed by atoms with Crippen LogP contribution in [0, 0.1) is 52.3 Å². The molecule has 202 valence electrons. The first-order valence-electron chi connectivity index (χ1n) is 15.7. The monoisotopic (exact) mass is 486 g/mol. The first-order chi connectivity index (χ1) is 16.7. The van der Waals surface area contributed by atoms with Gasteiger partial charge in [0.25, 0.3) is 0 Å². The molecule has 9 atom stereocenters. The van der Waals surface area contributed by atoms with Crippen LogP contribution in [0.5, 0.6) is 0 Å². The van der Waals surface area contributed by atoms with E-state index in [1.807, 2.05) is 0 Å². The lowest BCUT2D eigenvalue weighted by molar-refractivity contribution is -0.0574. The Kier molecular flexibility index (Phi) is 9.17. The molecule has 3 fully saturated rings. The molecule has 35 heavy (non-hydrogen) atoms. The van der Waals surface area contributed by atoms with E-state index in [9.17, 15) is 5.11 Å². The lowest BCUT2D eigenvalue weighted by atomic mass is 9.46. The van der Waals surface area contributed by atoms with E-state index in [0.717, 1.165) is 67.6 Å². The zero-order valence-electron chi connectivity index (χ0n) is 23.9. The molecule has 4 aliphatic rings. The van der Waals surface area contributed by atoms with Gasteiger partial charge in [-0.05, 0) is 116 Å². The normalized spacial score (nSPS) is 40.6. The number of hydrogen-bond acceptors (Lipinski definition) is 2. The maximum Gasteiger partial charge on any atom is 0.0571 e. The topological polar surface area (TPSA) is 40.5 Å². The van der Waals surface area contributed by atoms with Crippen LogP contribution in [-0.2, 0) is 0 Å². The van der Waals surface area contributed by atoms with Crippen molar-refractivity contribution in [2.24, 2.45) is 52.3 Å². The predicted octanol–water partition coefficient (Wildman–Crippen LogP) is 8.56. The van der Waals surface area contributed by atoms with E-state index < -0.39 is 0 Å². The van der Waals surface area contributed by atoms with Gasteiger partial charge < -0.3 is 10.2 Å². The van der Waals surface area contributed by atoms with Crippen molar-refractivity contribution in [3.8, 4) is 0 Å². The van der Waals surface area contributed by atoms with Crippen LogP contribution in [0.2, 0.25) is 0 Å². The van der Waals surface area contributed by atoms with Crippen molar-refractivity contribution in [1.82, 2.24) is 0 Å². The first-order valence-corrected chi connectivity index (χ1v) is 15.7. The van der Waals surface area contributed by atoms with Gasteiger partial charge in [0, 0.05) is 6.61 Å². The summed E-state index contributed by atoms with van der Waals surface area (Å²) in [6, 6.07) is 0. The number of fused-ring (bicyclic) bond motifs is 5. The van der Waals surface area contributed by atoms with Crippen molar-refractivity contribution in [3.63, 3.8) is 0 Å². The molecule has 1 unspecified atom stereocenters. The summed E-state index contributed by atoms with van der Waals surface area (Å²) in [5.74, 6) is 5.83. The molecule has 2 heteroatoms. The second-order valence-electron chi connectivity index (χ2n) is 14.4. The highest BCUT2D eigenvalue weighted by Gasteiger charge is 2.59. The van der Waals surface area contributed by atoms with E-state index in [-0.39, 0.29) is 12.7 Å². The first kappa shape index (κ1) is 27.7. The number of rotatable bonds is 11. The summed E-state index contributed by atoms with van der Waals surface area (Å²) in [6.07, 6.45) is 21.4. The Bertz CT molecular complexity index is 712. The van der Waals surface area contributed by atoms with Crippen molar-refractivity contribution >= 4 is 0 Å². The zero-order valence-corrected chi connectivity index (χ0v) is 23.9. The highest BCUT2D eigenvalue weighted by Crippen LogP contribution is 2.67. The van der Waals surface area contributed by atoms with Crippen LogP contribution in [0.15, 0.2) is 11.6 Å². The van der Waals surface area contributed by atoms with Crippen LogP contribution < -0.4 is 0 Å². The summed E-state index contributed by atoms with van der Waals surface area (Å²) < 4.78 is 0. The van der Waals surface area contributed by atoms with Crippen molar-refractivity contribution in [3.05, 3.63) is 11.6 Å². The fourth-order valence-corrected chi connectivity index (χ4v) is 9.92. The maximum atomic E-state index is 10.9. The van der Waals surface area contributed by atoms with Crippen LogP contribution in [0.1, 0.15) is 131 Å². The molecule has 0 saturated heterocycles. The highest BCUT2D eigenvalue weighted by atomic mass is 16.3. The second kappa shape index (κ2) is 11.6. The minimum Gasteiger partial charge on any atom is -0.396 e. The number of hydrogen-bond donors (Lipinski definition) is 2. The molecule has 0 aliphatic heterocycles. The molecule has 4 rings (SSSR count). The largest absolute Gasteiger partial charge is 0.396 e. The zero-order chi connectivity index (χ0) is 25.2. The van der Waals surface area contributed by atoms with Crippen molar-refractivity contribution in [2.75, 3.05) is 6.61 Å². The maximum absolute atomic E-state index is 10.9. The van der Waals surface area contributed by atoms with Crippen LogP contribution in [0.3, 0.4) is 0 Å². The third kappa shape index (κ3) is 5.59. The van der Waals surface area contributed by atoms with Crippen LogP contribution in [0.4, 0.5) is 0 Å². The van der Waals surface area contributed by atoms with Gasteiger partial charge in [0.1, 0.15) is 0 Å². The molecule has 2 N–H and O–H groups in total. The summed E-state index contributed by atoms with van der Waals surface area (Å²) in [5, 5.41) is 19.9. The van der Waals surface area contributed by atoms with Crippen LogP contribution >= 0.6 is 0 Å². The molecule has 4 aliphatic carbocycles. The van der Waals surface area contributed by atoms with Crippen LogP contribution in [0.25, 0.3) is 0 Å². The summed E-state index contributed by atoms with van der Waals surface area (Å²) in [4.78, 5) is 0. The SMILES string of the molecule is CC(C)CCC[C@@H](C)[C@H]1CC[C@H]2[C@@H]3CC=C4C[C@@H](C(O)CCCCCO)CC[C@]4(C)[C@H]3CC[C@]12C. The minimum atomic E-state index is -0.153. The summed E-state index contributed by atoms with van der Waals surface area (Å²) in [5.41, 5.74) is 2.67. The molecule has 0 radical (unpaired) electrons. The molecule has 0 aromatic rings. The van der Waals surface area contributed by atoms with Crippen molar-refractivity contribution < 1.29 is 10.2 Å². The lowest BCUT2D eigenvalue weighted by Crippen LogP contribution is -2.51. The molecule has 2 nitrogen and oxygen atoms in total. The third-order valence-electron chi connectivity index (χ3n) is 12.0. The van der Waals surface area contributed by atoms with Gasteiger partial charge in [-0.3, -0.25) is 0 Å². The Balaban J connectivity index is 1.39. The molecule has 0 amide bonds. The Morgan fingerprint density at radius 1 is 0.886 bits per heavy atom. The average Bonchev–Trinajstić information content (AvgIpc) is 3.18. The molecule has 0 bridgehead atoms. The molecule has 3 saturated carbocycles. The van der Waals surface area contributed by atoms with E-state index >= 15 is 0 Å². The minimum absolute atomic E-state index is 0.153. The van der Waals surface area contributed by atoms with E-state index in [1.54, 1.807) is 5.57 Å². The summed E-state index contributed by atoms with van der Waals surface area (Å²) in [6.45, 7) is 12.9. The Hall–Kier alpha value is -0.340. The van der Waals surface area contributed by atoms with Crippen molar-refractivity contribution in [2.45, 2.75) is 137 Å². The van der Waals surface area contributed by atoms with Crippen LogP contribution in [-0.4, -0.2) is 22.9 Å². The van der Waals surface area contributed by atoms with Gasteiger partial charge in [-0.25, -0.2) is 0 Å². The van der Waals surface area contributed by atoms with Gasteiger partial charge in [-0.15, -0.1) is 0 Å². The fraction of sp³-hybridized carbons (Fsp3) is 0.939. The number of aliphatic hydroxyl groups excluding tert-OH is 2. The number of allylic oxidation sites excluding steroid dienone is 2. The quantitative estimate of drug-likeness (QED) is 0.227. The molecule has 0 aromatic heterocycles. The van der Waals surface area contributed by atoms with E-state index in [0.29, 0.717) is 16.7 Å².